The Morgan fingerprint density at radius 3 is 2.59 bits per heavy atom. The number of hydrogen-bond donors (Lipinski definition) is 0. The predicted molar refractivity (Wildman–Crippen MR) is 59.2 cm³/mol. The van der Waals surface area contributed by atoms with Crippen LogP contribution in [0.2, 0.25) is 0 Å². The molecule has 0 unspecified atom stereocenters. The fraction of sp³-hybridized carbons (Fsp3) is 0.385. The maximum Gasteiger partial charge on any atom is 0.136 e. The Morgan fingerprint density at radius 1 is 1.47 bits per heavy atom. The zero-order valence-electron chi connectivity index (χ0n) is 9.71. The van der Waals surface area contributed by atoms with Gasteiger partial charge in [0.1, 0.15) is 17.3 Å². The Hall–Kier alpha value is -1.89. The van der Waals surface area contributed by atoms with Gasteiger partial charge in [0.25, 0.3) is 0 Å². The second kappa shape index (κ2) is 3.85. The van der Waals surface area contributed by atoms with Gasteiger partial charge in [0.2, 0.25) is 0 Å². The van der Waals surface area contributed by atoms with Crippen LogP contribution >= 0.6 is 0 Å². The molecule has 17 heavy (non-hydrogen) atoms. The first kappa shape index (κ1) is 11.6. The molecule has 88 valence electrons. The number of carbonyl (C=O) groups excluding carboxylic acids is 1. The normalized spacial score (nSPS) is 17.2. The Labute approximate surface area is 98.8 Å². The van der Waals surface area contributed by atoms with Crippen LogP contribution in [0.25, 0.3) is 0 Å². The largest absolute Gasteiger partial charge is 0.496 e. The lowest BCUT2D eigenvalue weighted by molar-refractivity contribution is -0.126. The van der Waals surface area contributed by atoms with E-state index in [2.05, 4.69) is 6.07 Å². The minimum absolute atomic E-state index is 0.0228. The number of methoxy groups -OCH3 is 1. The van der Waals surface area contributed by atoms with Gasteiger partial charge in [-0.05, 0) is 24.6 Å². The van der Waals surface area contributed by atoms with Gasteiger partial charge in [-0.3, -0.25) is 4.79 Å². The van der Waals surface area contributed by atoms with Gasteiger partial charge in [-0.1, -0.05) is 0 Å². The van der Waals surface area contributed by atoms with Crippen LogP contribution in [0.4, 0.5) is 4.39 Å². The van der Waals surface area contributed by atoms with E-state index in [-0.39, 0.29) is 24.4 Å². The number of nitriles is 1. The van der Waals surface area contributed by atoms with Gasteiger partial charge in [0.05, 0.1) is 18.6 Å². The van der Waals surface area contributed by atoms with Gasteiger partial charge in [-0.15, -0.1) is 0 Å². The van der Waals surface area contributed by atoms with E-state index in [1.807, 2.05) is 0 Å². The van der Waals surface area contributed by atoms with E-state index in [9.17, 15) is 14.4 Å². The summed E-state index contributed by atoms with van der Waals surface area (Å²) in [6.07, 6.45) is 0.282. The van der Waals surface area contributed by atoms with Crippen molar-refractivity contribution >= 4 is 5.78 Å². The Kier molecular flexibility index (Phi) is 2.62. The monoisotopic (exact) mass is 233 g/mol. The number of ether oxygens (including phenoxy) is 1. The van der Waals surface area contributed by atoms with Crippen molar-refractivity contribution in [2.45, 2.75) is 25.2 Å². The van der Waals surface area contributed by atoms with Crippen LogP contribution < -0.4 is 4.74 Å². The average Bonchev–Trinajstić information content (AvgIpc) is 2.27. The molecule has 0 bridgehead atoms. The van der Waals surface area contributed by atoms with E-state index in [4.69, 9.17) is 4.74 Å². The van der Waals surface area contributed by atoms with E-state index < -0.39 is 5.41 Å². The van der Waals surface area contributed by atoms with Crippen LogP contribution in [0.3, 0.4) is 0 Å². The first-order chi connectivity index (χ1) is 8.02. The molecular formula is C13H12FNO2. The zero-order chi connectivity index (χ0) is 12.6. The molecule has 3 nitrogen and oxygen atoms in total. The van der Waals surface area contributed by atoms with Crippen molar-refractivity contribution in [1.82, 2.24) is 0 Å². The molecule has 1 fully saturated rings. The van der Waals surface area contributed by atoms with Gasteiger partial charge < -0.3 is 4.74 Å². The van der Waals surface area contributed by atoms with Crippen LogP contribution in [-0.2, 0) is 10.2 Å². The molecular weight excluding hydrogens is 221 g/mol. The molecule has 1 aromatic carbocycles. The number of rotatable bonds is 2. The molecule has 1 aliphatic carbocycles. The highest BCUT2D eigenvalue weighted by atomic mass is 19.1. The number of benzene rings is 1. The third-order valence-corrected chi connectivity index (χ3v) is 3.21. The van der Waals surface area contributed by atoms with Crippen molar-refractivity contribution < 1.29 is 13.9 Å². The second-order valence-corrected chi connectivity index (χ2v) is 4.39. The van der Waals surface area contributed by atoms with Crippen LogP contribution in [-0.4, -0.2) is 12.9 Å². The lowest BCUT2D eigenvalue weighted by Crippen LogP contribution is -2.40. The third kappa shape index (κ3) is 1.68. The maximum absolute atomic E-state index is 13.6. The van der Waals surface area contributed by atoms with Crippen molar-refractivity contribution in [3.8, 4) is 11.8 Å². The summed E-state index contributed by atoms with van der Waals surface area (Å²) in [6.45, 7) is 1.63. The van der Waals surface area contributed by atoms with Crippen LogP contribution in [0.15, 0.2) is 12.1 Å². The molecule has 0 amide bonds. The Bertz CT molecular complexity index is 523. The third-order valence-electron chi connectivity index (χ3n) is 3.21. The van der Waals surface area contributed by atoms with Crippen LogP contribution in [0, 0.1) is 24.1 Å². The molecule has 0 aliphatic heterocycles. The van der Waals surface area contributed by atoms with E-state index in [0.717, 1.165) is 0 Å². The molecule has 0 spiro atoms. The summed E-state index contributed by atoms with van der Waals surface area (Å²) in [6, 6.07) is 4.99. The number of ketones is 1. The van der Waals surface area contributed by atoms with Gasteiger partial charge >= 0.3 is 0 Å². The van der Waals surface area contributed by atoms with Crippen LogP contribution in [0.5, 0.6) is 5.75 Å². The zero-order valence-corrected chi connectivity index (χ0v) is 9.71. The van der Waals surface area contributed by atoms with Crippen molar-refractivity contribution in [3.63, 3.8) is 0 Å². The molecule has 0 N–H and O–H groups in total. The number of halogens is 1. The molecule has 1 saturated carbocycles. The fourth-order valence-electron chi connectivity index (χ4n) is 2.15. The molecule has 2 rings (SSSR count). The van der Waals surface area contributed by atoms with Gasteiger partial charge in [-0.2, -0.15) is 5.26 Å². The molecule has 1 aromatic rings. The SMILES string of the molecule is COc1cc(C)c(F)cc1C1(C#N)CC(=O)C1. The summed E-state index contributed by atoms with van der Waals surface area (Å²) in [5, 5.41) is 9.21. The van der Waals surface area contributed by atoms with E-state index >= 15 is 0 Å². The highest BCUT2D eigenvalue weighted by Crippen LogP contribution is 2.45. The van der Waals surface area contributed by atoms with Gasteiger partial charge in [0.15, 0.2) is 0 Å². The van der Waals surface area contributed by atoms with Crippen molar-refractivity contribution in [3.05, 3.63) is 29.1 Å². The first-order valence-electron chi connectivity index (χ1n) is 5.30. The van der Waals surface area contributed by atoms with Gasteiger partial charge in [-0.25, -0.2) is 4.39 Å². The summed E-state index contributed by atoms with van der Waals surface area (Å²) in [7, 11) is 1.47. The number of carbonyl (C=O) groups is 1. The summed E-state index contributed by atoms with van der Waals surface area (Å²) >= 11 is 0. The topological polar surface area (TPSA) is 50.1 Å². The highest BCUT2D eigenvalue weighted by molar-refractivity contribution is 5.90. The van der Waals surface area contributed by atoms with Crippen LogP contribution in [0.1, 0.15) is 24.0 Å². The Balaban J connectivity index is 2.55. The second-order valence-electron chi connectivity index (χ2n) is 4.39. The summed E-state index contributed by atoms with van der Waals surface area (Å²) in [4.78, 5) is 11.1. The van der Waals surface area contributed by atoms with Gasteiger partial charge in [0, 0.05) is 18.4 Å². The fourth-order valence-corrected chi connectivity index (χ4v) is 2.15. The van der Waals surface area contributed by atoms with Crippen molar-refractivity contribution in [2.24, 2.45) is 0 Å². The van der Waals surface area contributed by atoms with E-state index in [1.165, 1.54) is 13.2 Å². The van der Waals surface area contributed by atoms with Crippen molar-refractivity contribution in [1.29, 1.82) is 5.26 Å². The number of hydrogen-bond acceptors (Lipinski definition) is 3. The number of aryl methyl sites for hydroxylation is 1. The lowest BCUT2D eigenvalue weighted by atomic mass is 9.64. The quantitative estimate of drug-likeness (QED) is 0.787. The molecule has 0 saturated heterocycles. The first-order valence-corrected chi connectivity index (χ1v) is 5.30. The molecule has 1 aliphatic rings. The predicted octanol–water partition coefficient (Wildman–Crippen LogP) is 2.27. The molecule has 0 aromatic heterocycles. The average molecular weight is 233 g/mol. The summed E-state index contributed by atoms with van der Waals surface area (Å²) < 4.78 is 18.7. The number of nitrogens with zero attached hydrogens (tertiary/aromatic N) is 1. The van der Waals surface area contributed by atoms with Crippen molar-refractivity contribution in [2.75, 3.05) is 7.11 Å². The minimum atomic E-state index is -0.906. The standard InChI is InChI=1S/C13H12FNO2/c1-8-3-12(17-2)10(4-11(8)14)13(7-15)5-9(16)6-13/h3-4H,5-6H2,1-2H3. The summed E-state index contributed by atoms with van der Waals surface area (Å²) in [5.74, 6) is 0.113. The smallest absolute Gasteiger partial charge is 0.136 e. The summed E-state index contributed by atoms with van der Waals surface area (Å²) in [5.41, 5.74) is 0.0336. The lowest BCUT2D eigenvalue weighted by Gasteiger charge is -2.35. The highest BCUT2D eigenvalue weighted by Gasteiger charge is 2.47. The minimum Gasteiger partial charge on any atom is -0.496 e. The molecule has 0 heterocycles. The molecule has 4 heteroatoms. The maximum atomic E-state index is 13.6. The van der Waals surface area contributed by atoms with E-state index in [0.29, 0.717) is 16.9 Å². The molecule has 0 radical (unpaired) electrons. The van der Waals surface area contributed by atoms with E-state index in [1.54, 1.807) is 13.0 Å². The Morgan fingerprint density at radius 2 is 2.12 bits per heavy atom. The molecule has 0 atom stereocenters. The number of Topliss-reactive ketones (excluding diaryl/α,β-unsaturated/α-hetero) is 1.